The van der Waals surface area contributed by atoms with Gasteiger partial charge in [-0.25, -0.2) is 4.79 Å². The second-order valence-electron chi connectivity index (χ2n) is 3.83. The van der Waals surface area contributed by atoms with Gasteiger partial charge in [0.2, 0.25) is 0 Å². The van der Waals surface area contributed by atoms with Crippen LogP contribution >= 0.6 is 11.6 Å². The zero-order valence-corrected chi connectivity index (χ0v) is 11.1. The predicted octanol–water partition coefficient (Wildman–Crippen LogP) is 1.29. The molecule has 1 aromatic carbocycles. The molecule has 0 bridgehead atoms. The monoisotopic (exact) mass is 285 g/mol. The number of rotatable bonds is 6. The summed E-state index contributed by atoms with van der Waals surface area (Å²) in [6.07, 6.45) is 0.632. The van der Waals surface area contributed by atoms with Crippen molar-refractivity contribution in [3.05, 3.63) is 29.3 Å². The summed E-state index contributed by atoms with van der Waals surface area (Å²) in [5, 5.41) is 12.0. The number of hydrogen-bond acceptors (Lipinski definition) is 3. The molecular formula is C12H16ClN3O3. The van der Waals surface area contributed by atoms with Crippen LogP contribution in [0.4, 0.5) is 10.5 Å². The maximum atomic E-state index is 11.9. The van der Waals surface area contributed by atoms with Gasteiger partial charge in [0.1, 0.15) is 6.54 Å². The van der Waals surface area contributed by atoms with Crippen LogP contribution in [0.5, 0.6) is 0 Å². The second kappa shape index (κ2) is 7.60. The molecule has 7 heteroatoms. The fourth-order valence-corrected chi connectivity index (χ4v) is 1.56. The van der Waals surface area contributed by atoms with Crippen LogP contribution in [-0.2, 0) is 4.79 Å². The first-order chi connectivity index (χ1) is 9.04. The molecule has 0 spiro atoms. The van der Waals surface area contributed by atoms with Crippen molar-refractivity contribution in [3.63, 3.8) is 0 Å². The Morgan fingerprint density at radius 3 is 2.47 bits per heavy atom. The van der Waals surface area contributed by atoms with Crippen molar-refractivity contribution in [2.75, 3.05) is 24.5 Å². The molecule has 4 N–H and O–H groups in total. The highest BCUT2D eigenvalue weighted by molar-refractivity contribution is 6.30. The highest BCUT2D eigenvalue weighted by Gasteiger charge is 2.18. The summed E-state index contributed by atoms with van der Waals surface area (Å²) in [5.74, 6) is -1.09. The number of amides is 2. The van der Waals surface area contributed by atoms with E-state index in [9.17, 15) is 9.59 Å². The average molecular weight is 286 g/mol. The molecule has 0 aliphatic rings. The lowest BCUT2D eigenvalue weighted by Gasteiger charge is -2.21. The Kier molecular flexibility index (Phi) is 6.11. The molecule has 0 radical (unpaired) electrons. The van der Waals surface area contributed by atoms with Gasteiger partial charge in [0.15, 0.2) is 0 Å². The van der Waals surface area contributed by atoms with Gasteiger partial charge in [-0.15, -0.1) is 0 Å². The number of nitrogens with one attached hydrogen (secondary N) is 1. The molecule has 2 amide bonds. The van der Waals surface area contributed by atoms with Gasteiger partial charge in [-0.2, -0.15) is 0 Å². The SMILES string of the molecule is NCCCNC(=O)N(CC(=O)O)c1ccc(Cl)cc1. The molecule has 0 fully saturated rings. The van der Waals surface area contributed by atoms with E-state index in [2.05, 4.69) is 5.32 Å². The van der Waals surface area contributed by atoms with Crippen LogP contribution in [-0.4, -0.2) is 36.7 Å². The maximum Gasteiger partial charge on any atom is 0.323 e. The minimum Gasteiger partial charge on any atom is -0.480 e. The van der Waals surface area contributed by atoms with Gasteiger partial charge in [-0.1, -0.05) is 11.6 Å². The van der Waals surface area contributed by atoms with Crippen LogP contribution in [0.2, 0.25) is 5.02 Å². The fourth-order valence-electron chi connectivity index (χ4n) is 1.43. The standard InChI is InChI=1S/C12H16ClN3O3/c13-9-2-4-10(5-3-9)16(8-11(17)18)12(19)15-7-1-6-14/h2-5H,1,6-8,14H2,(H,15,19)(H,17,18). The van der Waals surface area contributed by atoms with Crippen molar-refractivity contribution in [2.45, 2.75) is 6.42 Å². The smallest absolute Gasteiger partial charge is 0.323 e. The highest BCUT2D eigenvalue weighted by Crippen LogP contribution is 2.18. The number of anilines is 1. The molecule has 0 heterocycles. The zero-order chi connectivity index (χ0) is 14.3. The molecule has 0 saturated carbocycles. The van der Waals surface area contributed by atoms with Crippen molar-refractivity contribution in [1.29, 1.82) is 0 Å². The van der Waals surface area contributed by atoms with Crippen LogP contribution in [0.15, 0.2) is 24.3 Å². The Hall–Kier alpha value is -1.79. The number of halogens is 1. The van der Waals surface area contributed by atoms with E-state index in [0.29, 0.717) is 30.2 Å². The summed E-state index contributed by atoms with van der Waals surface area (Å²) in [6, 6.07) is 5.90. The number of carbonyl (C=O) groups is 2. The van der Waals surface area contributed by atoms with Crippen LogP contribution in [0.1, 0.15) is 6.42 Å². The van der Waals surface area contributed by atoms with E-state index in [0.717, 1.165) is 4.90 Å². The summed E-state index contributed by atoms with van der Waals surface area (Å²) < 4.78 is 0. The van der Waals surface area contributed by atoms with Gasteiger partial charge >= 0.3 is 12.0 Å². The number of hydrogen-bond donors (Lipinski definition) is 3. The van der Waals surface area contributed by atoms with Crippen molar-refractivity contribution in [1.82, 2.24) is 5.32 Å². The van der Waals surface area contributed by atoms with Crippen LogP contribution in [0.25, 0.3) is 0 Å². The lowest BCUT2D eigenvalue weighted by atomic mass is 10.3. The number of aliphatic carboxylic acids is 1. The average Bonchev–Trinajstić information content (AvgIpc) is 2.37. The summed E-state index contributed by atoms with van der Waals surface area (Å²) in [5.41, 5.74) is 5.80. The van der Waals surface area contributed by atoms with E-state index in [1.54, 1.807) is 24.3 Å². The van der Waals surface area contributed by atoms with Gasteiger partial charge in [0.25, 0.3) is 0 Å². The van der Waals surface area contributed by atoms with Crippen molar-refractivity contribution < 1.29 is 14.7 Å². The molecular weight excluding hydrogens is 270 g/mol. The largest absolute Gasteiger partial charge is 0.480 e. The molecule has 0 aliphatic heterocycles. The summed E-state index contributed by atoms with van der Waals surface area (Å²) in [7, 11) is 0. The minimum atomic E-state index is -1.09. The first-order valence-corrected chi connectivity index (χ1v) is 6.15. The molecule has 0 aromatic heterocycles. The third-order valence-corrected chi connectivity index (χ3v) is 2.59. The maximum absolute atomic E-state index is 11.9. The molecule has 0 aliphatic carbocycles. The van der Waals surface area contributed by atoms with E-state index >= 15 is 0 Å². The van der Waals surface area contributed by atoms with E-state index in [-0.39, 0.29) is 0 Å². The molecule has 0 saturated heterocycles. The Morgan fingerprint density at radius 2 is 1.95 bits per heavy atom. The van der Waals surface area contributed by atoms with Crippen molar-refractivity contribution in [2.24, 2.45) is 5.73 Å². The molecule has 0 atom stereocenters. The molecule has 0 unspecified atom stereocenters. The Morgan fingerprint density at radius 1 is 1.32 bits per heavy atom. The lowest BCUT2D eigenvalue weighted by molar-refractivity contribution is -0.135. The third kappa shape index (κ3) is 5.15. The van der Waals surface area contributed by atoms with E-state index < -0.39 is 18.5 Å². The van der Waals surface area contributed by atoms with Crippen molar-refractivity contribution in [3.8, 4) is 0 Å². The summed E-state index contributed by atoms with van der Waals surface area (Å²) >= 11 is 5.75. The van der Waals surface area contributed by atoms with Gasteiger partial charge in [-0.3, -0.25) is 9.69 Å². The number of carboxylic acid groups (broad SMARTS) is 1. The molecule has 19 heavy (non-hydrogen) atoms. The van der Waals surface area contributed by atoms with Gasteiger partial charge in [0.05, 0.1) is 0 Å². The second-order valence-corrected chi connectivity index (χ2v) is 4.27. The number of nitrogens with two attached hydrogens (primary N) is 1. The van der Waals surface area contributed by atoms with Crippen LogP contribution in [0, 0.1) is 0 Å². The fraction of sp³-hybridized carbons (Fsp3) is 0.333. The van der Waals surface area contributed by atoms with E-state index in [1.165, 1.54) is 0 Å². The normalized spacial score (nSPS) is 10.0. The van der Waals surface area contributed by atoms with Crippen molar-refractivity contribution >= 4 is 29.3 Å². The molecule has 104 valence electrons. The summed E-state index contributed by atoms with van der Waals surface area (Å²) in [6.45, 7) is 0.440. The molecule has 1 rings (SSSR count). The van der Waals surface area contributed by atoms with Crippen LogP contribution in [0.3, 0.4) is 0 Å². The number of carbonyl (C=O) groups excluding carboxylic acids is 1. The summed E-state index contributed by atoms with van der Waals surface area (Å²) in [4.78, 5) is 23.9. The van der Waals surface area contributed by atoms with E-state index in [4.69, 9.17) is 22.4 Å². The predicted molar refractivity (Wildman–Crippen MR) is 73.5 cm³/mol. The van der Waals surface area contributed by atoms with Crippen LogP contribution < -0.4 is 16.0 Å². The molecule has 1 aromatic rings. The van der Waals surface area contributed by atoms with E-state index in [1.807, 2.05) is 0 Å². The number of nitrogens with zero attached hydrogens (tertiary/aromatic N) is 1. The lowest BCUT2D eigenvalue weighted by Crippen LogP contribution is -2.43. The highest BCUT2D eigenvalue weighted by atomic mass is 35.5. The minimum absolute atomic E-state index is 0.402. The third-order valence-electron chi connectivity index (χ3n) is 2.33. The first kappa shape index (κ1) is 15.3. The Labute approximate surface area is 116 Å². The Balaban J connectivity index is 2.79. The Bertz CT molecular complexity index is 436. The number of urea groups is 1. The first-order valence-electron chi connectivity index (χ1n) is 5.77. The molecule has 6 nitrogen and oxygen atoms in total. The topological polar surface area (TPSA) is 95.7 Å². The van der Waals surface area contributed by atoms with Gasteiger partial charge < -0.3 is 16.2 Å². The van der Waals surface area contributed by atoms with Gasteiger partial charge in [0, 0.05) is 17.3 Å². The quantitative estimate of drug-likeness (QED) is 0.686. The van der Waals surface area contributed by atoms with Gasteiger partial charge in [-0.05, 0) is 37.2 Å². The number of carboxylic acids is 1. The zero-order valence-electron chi connectivity index (χ0n) is 10.3. The number of benzene rings is 1.